The van der Waals surface area contributed by atoms with Crippen molar-refractivity contribution in [3.63, 3.8) is 0 Å². The van der Waals surface area contributed by atoms with Crippen molar-refractivity contribution in [2.24, 2.45) is 0 Å². The zero-order valence-electron chi connectivity index (χ0n) is 13.2. The lowest BCUT2D eigenvalue weighted by Gasteiger charge is -2.09. The number of amides is 1. The van der Waals surface area contributed by atoms with E-state index in [4.69, 9.17) is 23.2 Å². The summed E-state index contributed by atoms with van der Waals surface area (Å²) in [5, 5.41) is 11.8. The molecule has 1 heterocycles. The number of nitrogens with zero attached hydrogens (tertiary/aromatic N) is 1. The minimum atomic E-state index is -0.191. The predicted molar refractivity (Wildman–Crippen MR) is 100 cm³/mol. The molecule has 0 bridgehead atoms. The Kier molecular flexibility index (Phi) is 4.24. The van der Waals surface area contributed by atoms with Crippen LogP contribution in [0.3, 0.4) is 0 Å². The number of aromatic nitrogens is 2. The van der Waals surface area contributed by atoms with Crippen LogP contribution in [-0.2, 0) is 0 Å². The van der Waals surface area contributed by atoms with Gasteiger partial charge in [0.2, 0.25) is 0 Å². The number of H-pyrrole nitrogens is 1. The van der Waals surface area contributed by atoms with Gasteiger partial charge in [-0.25, -0.2) is 0 Å². The molecular formula is C19H15Cl2N3O. The molecule has 0 radical (unpaired) electrons. The fourth-order valence-corrected chi connectivity index (χ4v) is 3.10. The Morgan fingerprint density at radius 1 is 1.08 bits per heavy atom. The smallest absolute Gasteiger partial charge is 0.255 e. The highest BCUT2D eigenvalue weighted by atomic mass is 35.5. The molecule has 4 rings (SSSR count). The van der Waals surface area contributed by atoms with Crippen molar-refractivity contribution in [3.05, 3.63) is 69.8 Å². The molecule has 0 saturated heterocycles. The average Bonchev–Trinajstić information content (AvgIpc) is 3.36. The first-order valence-corrected chi connectivity index (χ1v) is 8.78. The van der Waals surface area contributed by atoms with Crippen molar-refractivity contribution < 1.29 is 4.79 Å². The third-order valence-corrected chi connectivity index (χ3v) is 4.71. The molecule has 3 aromatic rings. The molecule has 4 nitrogen and oxygen atoms in total. The van der Waals surface area contributed by atoms with Gasteiger partial charge in [-0.3, -0.25) is 9.89 Å². The molecule has 0 atom stereocenters. The summed E-state index contributed by atoms with van der Waals surface area (Å²) in [4.78, 5) is 12.6. The zero-order valence-corrected chi connectivity index (χ0v) is 14.7. The van der Waals surface area contributed by atoms with Crippen LogP contribution in [0.5, 0.6) is 0 Å². The molecule has 0 spiro atoms. The molecule has 0 unspecified atom stereocenters. The molecule has 1 amide bonds. The maximum Gasteiger partial charge on any atom is 0.255 e. The zero-order chi connectivity index (χ0) is 17.4. The van der Waals surface area contributed by atoms with Gasteiger partial charge < -0.3 is 5.32 Å². The maximum absolute atomic E-state index is 12.6. The van der Waals surface area contributed by atoms with E-state index in [1.807, 2.05) is 24.3 Å². The lowest BCUT2D eigenvalue weighted by molar-refractivity contribution is 0.102. The third kappa shape index (κ3) is 3.41. The topological polar surface area (TPSA) is 57.8 Å². The summed E-state index contributed by atoms with van der Waals surface area (Å²) in [5.41, 5.74) is 3.81. The van der Waals surface area contributed by atoms with Gasteiger partial charge in [0.15, 0.2) is 0 Å². The van der Waals surface area contributed by atoms with Gasteiger partial charge in [0, 0.05) is 27.1 Å². The first kappa shape index (κ1) is 16.2. The first-order chi connectivity index (χ1) is 12.1. The summed E-state index contributed by atoms with van der Waals surface area (Å²) in [5.74, 6) is 0.226. The van der Waals surface area contributed by atoms with Gasteiger partial charge >= 0.3 is 0 Å². The molecule has 25 heavy (non-hydrogen) atoms. The van der Waals surface area contributed by atoms with Crippen LogP contribution in [0, 0.1) is 0 Å². The standard InChI is InChI=1S/C19H15Cl2N3O/c20-14-8-6-12(7-9-14)19(25)22-18-16(11-4-5-11)23-24-17(18)13-2-1-3-15(21)10-13/h1-3,6-11H,4-5H2,(H,22,25)(H,23,24). The molecule has 1 saturated carbocycles. The summed E-state index contributed by atoms with van der Waals surface area (Å²) in [6.07, 6.45) is 2.20. The highest BCUT2D eigenvalue weighted by Gasteiger charge is 2.31. The number of hydrogen-bond acceptors (Lipinski definition) is 2. The van der Waals surface area contributed by atoms with E-state index in [-0.39, 0.29) is 5.91 Å². The summed E-state index contributed by atoms with van der Waals surface area (Å²) in [6.45, 7) is 0. The highest BCUT2D eigenvalue weighted by molar-refractivity contribution is 6.31. The number of benzene rings is 2. The molecule has 1 aliphatic carbocycles. The van der Waals surface area contributed by atoms with Crippen molar-refractivity contribution >= 4 is 34.8 Å². The molecule has 2 N–H and O–H groups in total. The van der Waals surface area contributed by atoms with Crippen LogP contribution in [0.25, 0.3) is 11.3 Å². The number of nitrogens with one attached hydrogen (secondary N) is 2. The van der Waals surface area contributed by atoms with Crippen LogP contribution >= 0.6 is 23.2 Å². The molecule has 2 aromatic carbocycles. The Morgan fingerprint density at radius 3 is 2.52 bits per heavy atom. The minimum absolute atomic E-state index is 0.191. The second-order valence-corrected chi connectivity index (χ2v) is 6.98. The Morgan fingerprint density at radius 2 is 1.84 bits per heavy atom. The monoisotopic (exact) mass is 371 g/mol. The van der Waals surface area contributed by atoms with E-state index in [2.05, 4.69) is 15.5 Å². The number of carbonyl (C=O) groups excluding carboxylic acids is 1. The van der Waals surface area contributed by atoms with E-state index in [0.29, 0.717) is 27.2 Å². The van der Waals surface area contributed by atoms with E-state index < -0.39 is 0 Å². The van der Waals surface area contributed by atoms with Gasteiger partial charge in [0.05, 0.1) is 11.4 Å². The molecule has 1 aromatic heterocycles. The number of rotatable bonds is 4. The second-order valence-electron chi connectivity index (χ2n) is 6.11. The quantitative estimate of drug-likeness (QED) is 0.634. The minimum Gasteiger partial charge on any atom is -0.319 e. The molecule has 0 aliphatic heterocycles. The summed E-state index contributed by atoms with van der Waals surface area (Å²) in [7, 11) is 0. The normalized spacial score (nSPS) is 13.7. The van der Waals surface area contributed by atoms with Gasteiger partial charge in [0.1, 0.15) is 5.69 Å². The van der Waals surface area contributed by atoms with Crippen LogP contribution in [0.2, 0.25) is 10.0 Å². The third-order valence-electron chi connectivity index (χ3n) is 4.22. The second kappa shape index (κ2) is 6.54. The van der Waals surface area contributed by atoms with E-state index in [1.165, 1.54) is 0 Å². The van der Waals surface area contributed by atoms with Gasteiger partial charge in [0.25, 0.3) is 5.91 Å². The predicted octanol–water partition coefficient (Wildman–Crippen LogP) is 5.51. The lowest BCUT2D eigenvalue weighted by Crippen LogP contribution is -2.13. The fourth-order valence-electron chi connectivity index (χ4n) is 2.78. The number of halogens is 2. The lowest BCUT2D eigenvalue weighted by atomic mass is 10.1. The Bertz CT molecular complexity index is 930. The molecule has 1 fully saturated rings. The number of carbonyl (C=O) groups is 1. The number of anilines is 1. The van der Waals surface area contributed by atoms with Crippen molar-refractivity contribution in [2.75, 3.05) is 5.32 Å². The van der Waals surface area contributed by atoms with E-state index >= 15 is 0 Å². The average molecular weight is 372 g/mol. The molecule has 126 valence electrons. The molecular weight excluding hydrogens is 357 g/mol. The Labute approximate surface area is 155 Å². The van der Waals surface area contributed by atoms with Gasteiger partial charge in [-0.05, 0) is 49.2 Å². The van der Waals surface area contributed by atoms with E-state index in [9.17, 15) is 4.79 Å². The SMILES string of the molecule is O=C(Nc1c(-c2cccc(Cl)c2)n[nH]c1C1CC1)c1ccc(Cl)cc1. The van der Waals surface area contributed by atoms with E-state index in [0.717, 1.165) is 29.8 Å². The van der Waals surface area contributed by atoms with Crippen molar-refractivity contribution in [1.29, 1.82) is 0 Å². The highest BCUT2D eigenvalue weighted by Crippen LogP contribution is 2.45. The summed E-state index contributed by atoms with van der Waals surface area (Å²) in [6, 6.07) is 14.3. The van der Waals surface area contributed by atoms with Crippen molar-refractivity contribution in [1.82, 2.24) is 10.2 Å². The number of hydrogen-bond donors (Lipinski definition) is 2. The molecule has 6 heteroatoms. The van der Waals surface area contributed by atoms with Crippen molar-refractivity contribution in [2.45, 2.75) is 18.8 Å². The largest absolute Gasteiger partial charge is 0.319 e. The summed E-state index contributed by atoms with van der Waals surface area (Å²) < 4.78 is 0. The summed E-state index contributed by atoms with van der Waals surface area (Å²) >= 11 is 12.0. The Hall–Kier alpha value is -2.30. The van der Waals surface area contributed by atoms with Crippen LogP contribution in [0.15, 0.2) is 48.5 Å². The van der Waals surface area contributed by atoms with Gasteiger partial charge in [-0.15, -0.1) is 0 Å². The number of aromatic amines is 1. The van der Waals surface area contributed by atoms with Crippen LogP contribution in [0.1, 0.15) is 34.8 Å². The van der Waals surface area contributed by atoms with E-state index in [1.54, 1.807) is 24.3 Å². The first-order valence-electron chi connectivity index (χ1n) is 8.03. The van der Waals surface area contributed by atoms with Crippen LogP contribution in [-0.4, -0.2) is 16.1 Å². The van der Waals surface area contributed by atoms with Gasteiger partial charge in [-0.2, -0.15) is 5.10 Å². The van der Waals surface area contributed by atoms with Gasteiger partial charge in [-0.1, -0.05) is 35.3 Å². The molecule has 1 aliphatic rings. The van der Waals surface area contributed by atoms with Crippen LogP contribution < -0.4 is 5.32 Å². The van der Waals surface area contributed by atoms with Crippen molar-refractivity contribution in [3.8, 4) is 11.3 Å². The fraction of sp³-hybridized carbons (Fsp3) is 0.158. The Balaban J connectivity index is 1.71. The van der Waals surface area contributed by atoms with Crippen LogP contribution in [0.4, 0.5) is 5.69 Å². The maximum atomic E-state index is 12.6.